The van der Waals surface area contributed by atoms with Crippen molar-refractivity contribution < 1.29 is 14.5 Å². The molecule has 0 radical (unpaired) electrons. The number of methoxy groups -OCH3 is 1. The number of carbonyl (C=O) groups is 1. The summed E-state index contributed by atoms with van der Waals surface area (Å²) >= 11 is 0. The van der Waals surface area contributed by atoms with Gasteiger partial charge in [0.2, 0.25) is 6.54 Å². The van der Waals surface area contributed by atoms with E-state index in [0.717, 1.165) is 5.56 Å². The van der Waals surface area contributed by atoms with Crippen molar-refractivity contribution in [3.63, 3.8) is 0 Å². The highest BCUT2D eigenvalue weighted by Gasteiger charge is 2.21. The van der Waals surface area contributed by atoms with Crippen molar-refractivity contribution in [2.45, 2.75) is 12.3 Å². The van der Waals surface area contributed by atoms with Crippen molar-refractivity contribution in [3.05, 3.63) is 46.0 Å². The van der Waals surface area contributed by atoms with Gasteiger partial charge in [-0.05, 0) is 5.56 Å². The second-order valence-electron chi connectivity index (χ2n) is 3.40. The molecule has 0 saturated heterocycles. The molecule has 86 valence electrons. The van der Waals surface area contributed by atoms with Gasteiger partial charge in [0.05, 0.1) is 19.4 Å². The number of carbonyl (C=O) groups excluding carboxylic acids is 1. The van der Waals surface area contributed by atoms with Gasteiger partial charge in [0, 0.05) is 4.92 Å². The van der Waals surface area contributed by atoms with Gasteiger partial charge in [-0.1, -0.05) is 30.3 Å². The molecular formula is C11H13NO4. The van der Waals surface area contributed by atoms with Crippen LogP contribution in [0.1, 0.15) is 17.9 Å². The van der Waals surface area contributed by atoms with E-state index in [1.165, 1.54) is 7.11 Å². The average molecular weight is 223 g/mol. The molecule has 5 nitrogen and oxygen atoms in total. The second-order valence-corrected chi connectivity index (χ2v) is 3.40. The summed E-state index contributed by atoms with van der Waals surface area (Å²) in [6, 6.07) is 8.96. The van der Waals surface area contributed by atoms with Gasteiger partial charge in [-0.15, -0.1) is 0 Å². The average Bonchev–Trinajstić information content (AvgIpc) is 2.28. The molecule has 0 aliphatic heterocycles. The second kappa shape index (κ2) is 5.85. The van der Waals surface area contributed by atoms with Gasteiger partial charge in [-0.3, -0.25) is 14.9 Å². The van der Waals surface area contributed by atoms with Crippen molar-refractivity contribution in [2.75, 3.05) is 13.7 Å². The molecule has 0 saturated carbocycles. The van der Waals surface area contributed by atoms with Crippen LogP contribution < -0.4 is 0 Å². The fourth-order valence-electron chi connectivity index (χ4n) is 1.48. The summed E-state index contributed by atoms with van der Waals surface area (Å²) in [6.07, 6.45) is 0.0293. The number of hydrogen-bond acceptors (Lipinski definition) is 4. The fraction of sp³-hybridized carbons (Fsp3) is 0.364. The van der Waals surface area contributed by atoms with Crippen LogP contribution in [0.25, 0.3) is 0 Å². The Morgan fingerprint density at radius 3 is 2.56 bits per heavy atom. The first-order valence-electron chi connectivity index (χ1n) is 4.87. The molecule has 0 bridgehead atoms. The zero-order valence-corrected chi connectivity index (χ0v) is 8.96. The minimum absolute atomic E-state index is 0.0293. The molecule has 1 atom stereocenters. The third-order valence-electron chi connectivity index (χ3n) is 2.28. The van der Waals surface area contributed by atoms with Crippen LogP contribution in [0.2, 0.25) is 0 Å². The van der Waals surface area contributed by atoms with E-state index in [-0.39, 0.29) is 13.0 Å². The summed E-state index contributed by atoms with van der Waals surface area (Å²) in [6.45, 7) is -0.265. The van der Waals surface area contributed by atoms with Gasteiger partial charge in [0.25, 0.3) is 0 Å². The summed E-state index contributed by atoms with van der Waals surface area (Å²) < 4.78 is 4.52. The minimum Gasteiger partial charge on any atom is -0.469 e. The van der Waals surface area contributed by atoms with Crippen LogP contribution >= 0.6 is 0 Å². The Labute approximate surface area is 93.2 Å². The Kier molecular flexibility index (Phi) is 4.44. The molecule has 5 heteroatoms. The van der Waals surface area contributed by atoms with Crippen molar-refractivity contribution >= 4 is 5.97 Å². The number of benzene rings is 1. The number of rotatable bonds is 5. The largest absolute Gasteiger partial charge is 0.469 e. The first-order chi connectivity index (χ1) is 7.63. The van der Waals surface area contributed by atoms with Crippen LogP contribution in [0.15, 0.2) is 30.3 Å². The Bertz CT molecular complexity index is 364. The van der Waals surface area contributed by atoms with Gasteiger partial charge < -0.3 is 4.74 Å². The molecule has 1 aromatic rings. The van der Waals surface area contributed by atoms with Crippen LogP contribution in [-0.2, 0) is 9.53 Å². The number of hydrogen-bond donors (Lipinski definition) is 0. The molecule has 0 amide bonds. The van der Waals surface area contributed by atoms with Gasteiger partial charge >= 0.3 is 5.97 Å². The highest BCUT2D eigenvalue weighted by atomic mass is 16.6. The Morgan fingerprint density at radius 2 is 2.06 bits per heavy atom. The van der Waals surface area contributed by atoms with Crippen LogP contribution in [0.5, 0.6) is 0 Å². The minimum atomic E-state index is -0.435. The molecule has 1 unspecified atom stereocenters. The van der Waals surface area contributed by atoms with Gasteiger partial charge in [-0.25, -0.2) is 0 Å². The monoisotopic (exact) mass is 223 g/mol. The normalized spacial score (nSPS) is 11.8. The molecule has 0 fully saturated rings. The summed E-state index contributed by atoms with van der Waals surface area (Å²) in [5.41, 5.74) is 0.782. The highest BCUT2D eigenvalue weighted by Crippen LogP contribution is 2.20. The van der Waals surface area contributed by atoms with Gasteiger partial charge in [0.15, 0.2) is 0 Å². The predicted molar refractivity (Wildman–Crippen MR) is 57.7 cm³/mol. The summed E-state index contributed by atoms with van der Waals surface area (Å²) in [4.78, 5) is 21.2. The molecule has 0 aliphatic carbocycles. The Balaban J connectivity index is 2.79. The van der Waals surface area contributed by atoms with E-state index >= 15 is 0 Å². The number of nitro groups is 1. The van der Waals surface area contributed by atoms with E-state index in [9.17, 15) is 14.9 Å². The number of esters is 1. The molecule has 0 N–H and O–H groups in total. The van der Waals surface area contributed by atoms with Gasteiger partial charge in [0.1, 0.15) is 0 Å². The first kappa shape index (κ1) is 12.2. The fourth-order valence-corrected chi connectivity index (χ4v) is 1.48. The van der Waals surface area contributed by atoms with Crippen LogP contribution in [0.4, 0.5) is 0 Å². The number of ether oxygens (including phenoxy) is 1. The molecule has 1 rings (SSSR count). The SMILES string of the molecule is COC(=O)CC(C[N+](=O)[O-])c1ccccc1. The van der Waals surface area contributed by atoms with Crippen molar-refractivity contribution in [3.8, 4) is 0 Å². The maximum atomic E-state index is 11.1. The lowest BCUT2D eigenvalue weighted by atomic mass is 9.96. The lowest BCUT2D eigenvalue weighted by Gasteiger charge is -2.11. The van der Waals surface area contributed by atoms with E-state index in [0.29, 0.717) is 0 Å². The maximum Gasteiger partial charge on any atom is 0.306 e. The Morgan fingerprint density at radius 1 is 1.44 bits per heavy atom. The van der Waals surface area contributed by atoms with Crippen molar-refractivity contribution in [2.24, 2.45) is 0 Å². The van der Waals surface area contributed by atoms with Crippen molar-refractivity contribution in [1.82, 2.24) is 0 Å². The Hall–Kier alpha value is -1.91. The molecule has 1 aromatic carbocycles. The van der Waals surface area contributed by atoms with E-state index in [1.807, 2.05) is 6.07 Å². The van der Waals surface area contributed by atoms with Crippen LogP contribution in [0, 0.1) is 10.1 Å². The molecule has 0 aliphatic rings. The van der Waals surface area contributed by atoms with E-state index in [4.69, 9.17) is 0 Å². The molecular weight excluding hydrogens is 210 g/mol. The zero-order valence-electron chi connectivity index (χ0n) is 8.96. The van der Waals surface area contributed by atoms with E-state index in [1.54, 1.807) is 24.3 Å². The smallest absolute Gasteiger partial charge is 0.306 e. The molecule has 16 heavy (non-hydrogen) atoms. The predicted octanol–water partition coefficient (Wildman–Crippen LogP) is 1.61. The summed E-state index contributed by atoms with van der Waals surface area (Å²) in [5.74, 6) is -0.862. The van der Waals surface area contributed by atoms with Crippen LogP contribution in [0.3, 0.4) is 0 Å². The summed E-state index contributed by atoms with van der Waals surface area (Å²) in [5, 5.41) is 10.5. The standard InChI is InChI=1S/C11H13NO4/c1-16-11(13)7-10(8-12(14)15)9-5-3-2-4-6-9/h2-6,10H,7-8H2,1H3. The molecule has 0 heterocycles. The maximum absolute atomic E-state index is 11.1. The first-order valence-corrected chi connectivity index (χ1v) is 4.87. The summed E-state index contributed by atoms with van der Waals surface area (Å²) in [7, 11) is 1.27. The lowest BCUT2D eigenvalue weighted by Crippen LogP contribution is -2.17. The molecule has 0 spiro atoms. The van der Waals surface area contributed by atoms with Gasteiger partial charge in [-0.2, -0.15) is 0 Å². The van der Waals surface area contributed by atoms with Crippen LogP contribution in [-0.4, -0.2) is 24.5 Å². The van der Waals surface area contributed by atoms with E-state index < -0.39 is 16.8 Å². The highest BCUT2D eigenvalue weighted by molar-refractivity contribution is 5.70. The third-order valence-corrected chi connectivity index (χ3v) is 2.28. The third kappa shape index (κ3) is 3.68. The number of nitrogens with zero attached hydrogens (tertiary/aromatic N) is 1. The lowest BCUT2D eigenvalue weighted by molar-refractivity contribution is -0.483. The molecule has 0 aromatic heterocycles. The van der Waals surface area contributed by atoms with Crippen molar-refractivity contribution in [1.29, 1.82) is 0 Å². The quantitative estimate of drug-likeness (QED) is 0.432. The zero-order chi connectivity index (χ0) is 12.0. The topological polar surface area (TPSA) is 69.4 Å². The van der Waals surface area contributed by atoms with E-state index in [2.05, 4.69) is 4.74 Å².